The molecular formula is C95H95F6N17O11. The van der Waals surface area contributed by atoms with Crippen LogP contribution in [0.25, 0.3) is 0 Å². The van der Waals surface area contributed by atoms with Crippen LogP contribution in [-0.4, -0.2) is 135 Å². The summed E-state index contributed by atoms with van der Waals surface area (Å²) in [7, 11) is 0. The van der Waals surface area contributed by atoms with Crippen molar-refractivity contribution in [1.29, 1.82) is 0 Å². The SMILES string of the molecule is Cc1ncc(O)c(C)n1.Cc1ncc(OC[C@@H]2C[C@@]2(C(=O)Nc2ccc(F)cn2)c2cccc(F)c2)c(C)n1.Cc1ncc(OC[C@@H]2C[C@@]2(C(=O)O)c2cccc(F)c2)c(C)n1.Cc1ncc(OC[C@@]2(c3cccc(F)c3)C[C@H]2C(=O)Cc2ccccn2)c(C)n1.Cc1ncc(OC[C@@]2(c3cccc(F)c3)C[C@H]2C(=O)O)c(C)n1.Nc1ccc(F)cn1.Nc1ccccn1. The Morgan fingerprint density at radius 2 is 0.791 bits per heavy atom. The van der Waals surface area contributed by atoms with Crippen molar-refractivity contribution in [2.75, 3.05) is 43.2 Å². The molecule has 9 heterocycles. The van der Waals surface area contributed by atoms with Crippen molar-refractivity contribution in [3.63, 3.8) is 0 Å². The standard InChI is InChI=1S/C23H22FN3O2.C22H20F2N4O2.2C17H17FN2O3.C6H8N2O.C5H5FN2.C5H6N2/c1-15-22(13-26-16(2)27-15)29-14-23(17-6-5-7-18(24)10-17)12-20(23)21(28)11-19-8-3-4-9-25-19;1-13-19(11-25-14(2)27-13)30-12-16-9-22(16,15-4-3-5-17(23)8-15)21(29)28-20-7-6-18(24)10-26-20;1-10-15(8-19-11(2)20-10)23-9-13-7-17(13,16(21)22)12-4-3-5-14(18)6-12;1-10-15(8-19-11(2)20-10)23-9-17(7-14(17)16(21)22)12-4-3-5-13(18)6-12;1-4-6(9)3-7-5(2)8-4;6-4-1-2-5(7)8-3-4;6-5-3-1-2-4-7-5/h3-10,13,20H,11-12,14H2,1-2H3;3-8,10-11,16H,9,12H2,1-2H3,(H,26,28,29);3-6,8,13H,7,9H2,1-2H3,(H,21,22);3-6,8,14H,7,9H2,1-2H3,(H,21,22);3,9H,1-2H3;1-3H,(H2,7,8);1-4H,(H2,6,7)/t20-,23+;16-,22+;13-,17+;14-,17+;;;/m0000.../s1. The smallest absolute Gasteiger partial charge is 0.314 e. The number of aromatic nitrogens is 14. The van der Waals surface area contributed by atoms with Crippen LogP contribution in [0.2, 0.25) is 0 Å². The lowest BCUT2D eigenvalue weighted by Crippen LogP contribution is -2.31. The van der Waals surface area contributed by atoms with Crippen LogP contribution in [-0.2, 0) is 47.3 Å². The molecule has 17 rings (SSSR count). The van der Waals surface area contributed by atoms with Gasteiger partial charge in [0.2, 0.25) is 5.91 Å². The highest BCUT2D eigenvalue weighted by molar-refractivity contribution is 6.01. The summed E-state index contributed by atoms with van der Waals surface area (Å²) in [4.78, 5) is 106. The Morgan fingerprint density at radius 1 is 0.395 bits per heavy atom. The average Bonchev–Trinajstić information content (AvgIpc) is 1.56. The van der Waals surface area contributed by atoms with E-state index in [4.69, 9.17) is 35.5 Å². The van der Waals surface area contributed by atoms with E-state index in [0.29, 0.717) is 129 Å². The van der Waals surface area contributed by atoms with Crippen molar-refractivity contribution in [3.8, 4) is 28.7 Å². The first-order valence-electron chi connectivity index (χ1n) is 40.7. The van der Waals surface area contributed by atoms with Crippen molar-refractivity contribution < 1.29 is 79.8 Å². The molecule has 9 aromatic heterocycles. The van der Waals surface area contributed by atoms with Crippen molar-refractivity contribution in [2.24, 2.45) is 23.7 Å². The number of ketones is 1. The molecular weight excluding hydrogens is 1670 g/mol. The van der Waals surface area contributed by atoms with Gasteiger partial charge in [0.1, 0.15) is 87.3 Å². The average molecular weight is 1760 g/mol. The molecule has 34 heteroatoms. The number of amides is 1. The minimum atomic E-state index is -1.07. The van der Waals surface area contributed by atoms with Crippen molar-refractivity contribution in [3.05, 3.63) is 334 Å². The number of pyridine rings is 4. The summed E-state index contributed by atoms with van der Waals surface area (Å²) in [6, 6.07) is 40.5. The molecule has 4 saturated carbocycles. The van der Waals surface area contributed by atoms with Crippen molar-refractivity contribution in [2.45, 2.75) is 123 Å². The zero-order valence-electron chi connectivity index (χ0n) is 72.2. The van der Waals surface area contributed by atoms with E-state index in [-0.39, 0.29) is 91.3 Å². The highest BCUT2D eigenvalue weighted by Crippen LogP contribution is 2.58. The van der Waals surface area contributed by atoms with Gasteiger partial charge in [0.25, 0.3) is 0 Å². The fraction of sp³-hybridized carbons (Fsp3) is 0.284. The molecule has 4 aliphatic rings. The molecule has 668 valence electrons. The second-order valence-corrected chi connectivity index (χ2v) is 31.2. The van der Waals surface area contributed by atoms with Crippen LogP contribution in [0.1, 0.15) is 111 Å². The number of carboxylic acids is 2. The predicted octanol–water partition coefficient (Wildman–Crippen LogP) is 15.1. The van der Waals surface area contributed by atoms with Gasteiger partial charge in [-0.05, 0) is 214 Å². The largest absolute Gasteiger partial charge is 0.504 e. The second-order valence-electron chi connectivity index (χ2n) is 31.2. The van der Waals surface area contributed by atoms with Gasteiger partial charge in [0.15, 0.2) is 28.7 Å². The van der Waals surface area contributed by atoms with Gasteiger partial charge >= 0.3 is 11.9 Å². The van der Waals surface area contributed by atoms with Crippen LogP contribution < -0.4 is 35.7 Å². The summed E-state index contributed by atoms with van der Waals surface area (Å²) in [5.74, 6) is 1.07. The Balaban J connectivity index is 0.000000153. The van der Waals surface area contributed by atoms with Crippen LogP contribution in [0.15, 0.2) is 213 Å². The first-order valence-corrected chi connectivity index (χ1v) is 40.7. The summed E-state index contributed by atoms with van der Waals surface area (Å²) >= 11 is 0. The van der Waals surface area contributed by atoms with E-state index >= 15 is 0 Å². The summed E-state index contributed by atoms with van der Waals surface area (Å²) in [6.07, 6.45) is 15.5. The predicted molar refractivity (Wildman–Crippen MR) is 464 cm³/mol. The number of aliphatic carboxylic acids is 2. The lowest BCUT2D eigenvalue weighted by molar-refractivity contribution is -0.141. The quantitative estimate of drug-likeness (QED) is 0.0324. The third kappa shape index (κ3) is 25.1. The van der Waals surface area contributed by atoms with Crippen LogP contribution in [0.3, 0.4) is 0 Å². The zero-order valence-corrected chi connectivity index (χ0v) is 72.2. The number of carbonyl (C=O) groups is 4. The first kappa shape index (κ1) is 94.8. The van der Waals surface area contributed by atoms with Gasteiger partial charge in [-0.2, -0.15) is 0 Å². The molecule has 1 amide bonds. The molecule has 0 aliphatic heterocycles. The summed E-state index contributed by atoms with van der Waals surface area (Å²) in [5, 5.41) is 30.6. The Kier molecular flexibility index (Phi) is 31.2. The number of carboxylic acid groups (broad SMARTS) is 2. The van der Waals surface area contributed by atoms with Crippen LogP contribution in [0.4, 0.5) is 43.8 Å². The Bertz CT molecular complexity index is 6070. The number of nitrogens with zero attached hydrogens (tertiary/aromatic N) is 14. The normalized spacial score (nSPS) is 19.0. The molecule has 0 bridgehead atoms. The number of ether oxygens (including phenoxy) is 4. The first-order chi connectivity index (χ1) is 61.6. The number of aryl methyl sites for hydroxylation is 10. The Labute approximate surface area is 739 Å². The molecule has 4 aliphatic carbocycles. The van der Waals surface area contributed by atoms with E-state index in [1.54, 1.807) is 121 Å². The minimum absolute atomic E-state index is 0.0911. The molecule has 0 radical (unpaired) electrons. The third-order valence-electron chi connectivity index (χ3n) is 21.9. The topological polar surface area (TPSA) is 410 Å². The lowest BCUT2D eigenvalue weighted by atomic mass is 9.91. The van der Waals surface area contributed by atoms with E-state index in [1.165, 1.54) is 85.1 Å². The van der Waals surface area contributed by atoms with Crippen LogP contribution in [0, 0.1) is 128 Å². The van der Waals surface area contributed by atoms with Gasteiger partial charge in [-0.15, -0.1) is 0 Å². The number of carbonyl (C=O) groups excluding carboxylic acids is 2. The molecule has 8 atom stereocenters. The van der Waals surface area contributed by atoms with E-state index in [0.717, 1.165) is 29.3 Å². The number of Topliss-reactive ketones (excluding diaryl/α,β-unsaturated/α-hetero) is 1. The number of halogens is 6. The van der Waals surface area contributed by atoms with Crippen molar-refractivity contribution in [1.82, 2.24) is 69.8 Å². The Morgan fingerprint density at radius 3 is 1.16 bits per heavy atom. The molecule has 13 aromatic rings. The van der Waals surface area contributed by atoms with Gasteiger partial charge in [-0.25, -0.2) is 91.1 Å². The number of hydrogen-bond donors (Lipinski definition) is 6. The number of nitrogen functional groups attached to an aromatic ring is 2. The number of anilines is 3. The van der Waals surface area contributed by atoms with Gasteiger partial charge in [0.05, 0.1) is 115 Å². The molecule has 8 N–H and O–H groups in total. The fourth-order valence-corrected chi connectivity index (χ4v) is 14.6. The monoisotopic (exact) mass is 1760 g/mol. The van der Waals surface area contributed by atoms with Gasteiger partial charge < -0.3 is 51.1 Å². The van der Waals surface area contributed by atoms with Crippen molar-refractivity contribution >= 4 is 41.1 Å². The fourth-order valence-electron chi connectivity index (χ4n) is 14.6. The maximum Gasteiger partial charge on any atom is 0.314 e. The van der Waals surface area contributed by atoms with E-state index in [2.05, 4.69) is 75.1 Å². The van der Waals surface area contributed by atoms with E-state index in [1.807, 2.05) is 64.1 Å². The number of aromatic hydroxyl groups is 1. The third-order valence-corrected chi connectivity index (χ3v) is 21.9. The summed E-state index contributed by atoms with van der Waals surface area (Å²) in [5.41, 5.74) is 13.8. The maximum atomic E-state index is 13.9. The number of nitrogens with one attached hydrogen (secondary N) is 1. The number of rotatable bonds is 23. The lowest BCUT2D eigenvalue weighted by Gasteiger charge is -2.19. The number of nitrogens with two attached hydrogens (primary N) is 2. The van der Waals surface area contributed by atoms with Gasteiger partial charge in [-0.3, -0.25) is 24.2 Å². The van der Waals surface area contributed by atoms with Crippen LogP contribution in [0.5, 0.6) is 28.7 Å². The highest BCUT2D eigenvalue weighted by atomic mass is 19.1. The molecule has 4 fully saturated rings. The molecule has 28 nitrogen and oxygen atoms in total. The van der Waals surface area contributed by atoms with Gasteiger partial charge in [0, 0.05) is 53.1 Å². The molecule has 129 heavy (non-hydrogen) atoms. The van der Waals surface area contributed by atoms with Crippen LogP contribution >= 0.6 is 0 Å². The maximum absolute atomic E-state index is 13.9. The number of hydrogen-bond acceptors (Lipinski definition) is 25. The molecule has 4 aromatic carbocycles. The summed E-state index contributed by atoms with van der Waals surface area (Å²) in [6.45, 7) is 18.9. The Hall–Kier alpha value is -14.9. The summed E-state index contributed by atoms with van der Waals surface area (Å²) < 4.78 is 103. The molecule has 0 unspecified atom stereocenters. The zero-order chi connectivity index (χ0) is 92.9. The minimum Gasteiger partial charge on any atom is -0.504 e. The second kappa shape index (κ2) is 42.4. The molecule has 0 spiro atoms. The number of benzene rings is 4. The molecule has 0 saturated heterocycles. The highest BCUT2D eigenvalue weighted by Gasteiger charge is 2.64. The van der Waals surface area contributed by atoms with E-state index in [9.17, 15) is 55.7 Å². The van der Waals surface area contributed by atoms with Gasteiger partial charge in [-0.1, -0.05) is 60.7 Å². The van der Waals surface area contributed by atoms with E-state index < -0.39 is 57.0 Å².